The fraction of sp³-hybridized carbons (Fsp3) is 0.818. The Morgan fingerprint density at radius 3 is 3.07 bits per heavy atom. The van der Waals surface area contributed by atoms with Crippen molar-refractivity contribution >= 4 is 11.5 Å². The first kappa shape index (κ1) is 10.5. The molecule has 0 saturated carbocycles. The second-order valence-corrected chi connectivity index (χ2v) is 4.48. The van der Waals surface area contributed by atoms with Gasteiger partial charge in [-0.3, -0.25) is 4.99 Å². The van der Waals surface area contributed by atoms with Crippen molar-refractivity contribution in [3.05, 3.63) is 0 Å². The van der Waals surface area contributed by atoms with Gasteiger partial charge in [0.2, 0.25) is 0 Å². The fourth-order valence-electron chi connectivity index (χ4n) is 2.21. The number of nitrogens with two attached hydrogens (primary N) is 1. The minimum Gasteiger partial charge on any atom is -0.395 e. The molecule has 2 aliphatic heterocycles. The normalized spacial score (nSPS) is 31.5. The van der Waals surface area contributed by atoms with Crippen LogP contribution in [0, 0.1) is 5.92 Å². The summed E-state index contributed by atoms with van der Waals surface area (Å²) in [6, 6.07) is 0.379. The molecule has 0 aromatic rings. The van der Waals surface area contributed by atoms with Crippen LogP contribution in [0.1, 0.15) is 39.0 Å². The maximum absolute atomic E-state index is 5.82. The molecule has 0 aromatic heterocycles. The van der Waals surface area contributed by atoms with Crippen molar-refractivity contribution in [1.29, 1.82) is 0 Å². The van der Waals surface area contributed by atoms with E-state index in [1.807, 2.05) is 6.92 Å². The maximum atomic E-state index is 5.82. The van der Waals surface area contributed by atoms with Crippen LogP contribution in [0.15, 0.2) is 10.1 Å². The molecule has 2 unspecified atom stereocenters. The Morgan fingerprint density at radius 1 is 1.47 bits per heavy atom. The quantitative estimate of drug-likeness (QED) is 0.752. The Bertz CT molecular complexity index is 286. The highest BCUT2D eigenvalue weighted by Crippen LogP contribution is 2.22. The molecule has 84 valence electrons. The van der Waals surface area contributed by atoms with Crippen molar-refractivity contribution < 1.29 is 4.84 Å². The highest BCUT2D eigenvalue weighted by atomic mass is 16.6. The molecule has 0 aromatic carbocycles. The van der Waals surface area contributed by atoms with Crippen LogP contribution in [-0.2, 0) is 4.84 Å². The Hall–Kier alpha value is -1.06. The molecule has 0 aliphatic carbocycles. The monoisotopic (exact) mass is 209 g/mol. The summed E-state index contributed by atoms with van der Waals surface area (Å²) in [5.41, 5.74) is 6.93. The number of amidine groups is 1. The zero-order valence-electron chi connectivity index (χ0n) is 9.28. The van der Waals surface area contributed by atoms with Gasteiger partial charge in [0.05, 0.1) is 17.6 Å². The Kier molecular flexibility index (Phi) is 3.23. The maximum Gasteiger partial charge on any atom is 0.125 e. The van der Waals surface area contributed by atoms with Crippen LogP contribution >= 0.6 is 0 Å². The summed E-state index contributed by atoms with van der Waals surface area (Å²) in [6.07, 6.45) is 5.57. The summed E-state index contributed by atoms with van der Waals surface area (Å²) in [5.74, 6) is 1.27. The van der Waals surface area contributed by atoms with Gasteiger partial charge in [-0.2, -0.15) is 0 Å². The molecule has 2 rings (SSSR count). The third-order valence-electron chi connectivity index (χ3n) is 3.20. The molecule has 4 heteroatoms. The summed E-state index contributed by atoms with van der Waals surface area (Å²) in [5, 5.41) is 3.96. The average molecular weight is 209 g/mol. The van der Waals surface area contributed by atoms with Gasteiger partial charge in [-0.15, -0.1) is 0 Å². The first-order valence-corrected chi connectivity index (χ1v) is 5.74. The summed E-state index contributed by atoms with van der Waals surface area (Å²) < 4.78 is 0. The Balaban J connectivity index is 1.93. The molecule has 0 saturated heterocycles. The van der Waals surface area contributed by atoms with Crippen LogP contribution in [0.2, 0.25) is 0 Å². The van der Waals surface area contributed by atoms with Gasteiger partial charge in [0, 0.05) is 12.3 Å². The summed E-state index contributed by atoms with van der Waals surface area (Å²) in [4.78, 5) is 9.64. The second kappa shape index (κ2) is 4.64. The number of hydrogen-bond donors (Lipinski definition) is 1. The van der Waals surface area contributed by atoms with Crippen LogP contribution in [0.25, 0.3) is 0 Å². The van der Waals surface area contributed by atoms with E-state index in [4.69, 9.17) is 10.6 Å². The lowest BCUT2D eigenvalue weighted by atomic mass is 9.95. The molecule has 2 heterocycles. The number of aliphatic imine (C=N–C) groups is 1. The van der Waals surface area contributed by atoms with Crippen LogP contribution in [0.4, 0.5) is 0 Å². The molecule has 0 bridgehead atoms. The summed E-state index contributed by atoms with van der Waals surface area (Å²) in [6.45, 7) is 2.75. The Labute approximate surface area is 90.6 Å². The van der Waals surface area contributed by atoms with Crippen molar-refractivity contribution in [2.24, 2.45) is 21.8 Å². The van der Waals surface area contributed by atoms with Crippen molar-refractivity contribution in [1.82, 2.24) is 0 Å². The molecule has 4 nitrogen and oxygen atoms in total. The van der Waals surface area contributed by atoms with E-state index in [9.17, 15) is 0 Å². The van der Waals surface area contributed by atoms with Gasteiger partial charge in [-0.1, -0.05) is 11.6 Å². The van der Waals surface area contributed by atoms with E-state index in [1.165, 1.54) is 12.8 Å². The standard InChI is InChI=1S/C11H19N3O/c1-8-9(7-15-14-8)6-10-4-2-3-5-11(12)13-10/h9-10H,2-7H2,1H3,(H2,12,13). The second-order valence-electron chi connectivity index (χ2n) is 4.48. The van der Waals surface area contributed by atoms with E-state index < -0.39 is 0 Å². The first-order chi connectivity index (χ1) is 7.25. The molecular weight excluding hydrogens is 190 g/mol. The lowest BCUT2D eigenvalue weighted by Crippen LogP contribution is -2.20. The SMILES string of the molecule is CC1=NOCC1CC1CCCCC(N)=N1. The number of oxime groups is 1. The van der Waals surface area contributed by atoms with Gasteiger partial charge in [0.15, 0.2) is 0 Å². The predicted octanol–water partition coefficient (Wildman–Crippen LogP) is 1.70. The predicted molar refractivity (Wildman–Crippen MR) is 61.0 cm³/mol. The van der Waals surface area contributed by atoms with Gasteiger partial charge in [0.25, 0.3) is 0 Å². The van der Waals surface area contributed by atoms with E-state index in [0.717, 1.165) is 37.4 Å². The van der Waals surface area contributed by atoms with Crippen LogP contribution in [0.3, 0.4) is 0 Å². The van der Waals surface area contributed by atoms with Gasteiger partial charge >= 0.3 is 0 Å². The molecule has 0 radical (unpaired) electrons. The minimum atomic E-state index is 0.379. The lowest BCUT2D eigenvalue weighted by molar-refractivity contribution is 0.150. The zero-order valence-corrected chi connectivity index (χ0v) is 9.28. The lowest BCUT2D eigenvalue weighted by Gasteiger charge is -2.14. The van der Waals surface area contributed by atoms with E-state index in [1.54, 1.807) is 0 Å². The van der Waals surface area contributed by atoms with Gasteiger partial charge < -0.3 is 10.6 Å². The fourth-order valence-corrected chi connectivity index (χ4v) is 2.21. The van der Waals surface area contributed by atoms with E-state index in [2.05, 4.69) is 10.1 Å². The van der Waals surface area contributed by atoms with Gasteiger partial charge in [-0.25, -0.2) is 0 Å². The number of nitrogens with zero attached hydrogens (tertiary/aromatic N) is 2. The van der Waals surface area contributed by atoms with Crippen molar-refractivity contribution in [3.63, 3.8) is 0 Å². The minimum absolute atomic E-state index is 0.379. The molecular formula is C11H19N3O. The van der Waals surface area contributed by atoms with Gasteiger partial charge in [0.1, 0.15) is 6.61 Å². The molecule has 0 spiro atoms. The molecule has 2 N–H and O–H groups in total. The highest BCUT2D eigenvalue weighted by Gasteiger charge is 2.24. The van der Waals surface area contributed by atoms with E-state index >= 15 is 0 Å². The zero-order chi connectivity index (χ0) is 10.7. The molecule has 2 aliphatic rings. The number of rotatable bonds is 2. The van der Waals surface area contributed by atoms with Gasteiger partial charge in [-0.05, 0) is 26.2 Å². The van der Waals surface area contributed by atoms with Crippen molar-refractivity contribution in [2.45, 2.75) is 45.1 Å². The third kappa shape index (κ3) is 2.70. The topological polar surface area (TPSA) is 60.0 Å². The van der Waals surface area contributed by atoms with E-state index in [-0.39, 0.29) is 0 Å². The smallest absolute Gasteiger partial charge is 0.125 e. The molecule has 0 fully saturated rings. The largest absolute Gasteiger partial charge is 0.395 e. The van der Waals surface area contributed by atoms with Crippen molar-refractivity contribution in [3.8, 4) is 0 Å². The third-order valence-corrected chi connectivity index (χ3v) is 3.20. The average Bonchev–Trinajstić information content (AvgIpc) is 2.48. The summed E-state index contributed by atoms with van der Waals surface area (Å²) >= 11 is 0. The molecule has 0 amide bonds. The van der Waals surface area contributed by atoms with Crippen LogP contribution in [0.5, 0.6) is 0 Å². The number of hydrogen-bond acceptors (Lipinski definition) is 4. The van der Waals surface area contributed by atoms with Crippen molar-refractivity contribution in [2.75, 3.05) is 6.61 Å². The first-order valence-electron chi connectivity index (χ1n) is 5.74. The molecule has 2 atom stereocenters. The van der Waals surface area contributed by atoms with Crippen LogP contribution in [-0.4, -0.2) is 24.2 Å². The highest BCUT2D eigenvalue weighted by molar-refractivity contribution is 5.85. The summed E-state index contributed by atoms with van der Waals surface area (Å²) in [7, 11) is 0. The van der Waals surface area contributed by atoms with Crippen LogP contribution < -0.4 is 5.73 Å². The van der Waals surface area contributed by atoms with E-state index in [0.29, 0.717) is 12.0 Å². The molecule has 15 heavy (non-hydrogen) atoms. The Morgan fingerprint density at radius 2 is 2.33 bits per heavy atom.